The molecule has 0 saturated heterocycles. The zero-order valence-electron chi connectivity index (χ0n) is 19.2. The molecule has 1 aromatic carbocycles. The molecule has 0 aliphatic heterocycles. The van der Waals surface area contributed by atoms with E-state index < -0.39 is 5.97 Å². The van der Waals surface area contributed by atoms with Crippen LogP contribution in [-0.2, 0) is 11.3 Å². The molecule has 34 heavy (non-hydrogen) atoms. The van der Waals surface area contributed by atoms with Crippen molar-refractivity contribution >= 4 is 63.1 Å². The van der Waals surface area contributed by atoms with Gasteiger partial charge in [0.25, 0.3) is 5.91 Å². The summed E-state index contributed by atoms with van der Waals surface area (Å²) in [7, 11) is 1.29. The molecule has 0 aliphatic carbocycles. The monoisotopic (exact) mass is 520 g/mol. The highest BCUT2D eigenvalue weighted by molar-refractivity contribution is 7.80. The number of nitrogens with one attached hydrogen (secondary N) is 2. The van der Waals surface area contributed by atoms with Gasteiger partial charge in [0.05, 0.1) is 24.1 Å². The topological polar surface area (TPSA) is 101 Å². The van der Waals surface area contributed by atoms with Crippen molar-refractivity contribution in [3.63, 3.8) is 0 Å². The van der Waals surface area contributed by atoms with Crippen LogP contribution in [0.25, 0.3) is 0 Å². The van der Waals surface area contributed by atoms with Gasteiger partial charge in [-0.2, -0.15) is 0 Å². The summed E-state index contributed by atoms with van der Waals surface area (Å²) >= 11 is 12.8. The molecule has 1 amide bonds. The first kappa shape index (κ1) is 25.6. The van der Waals surface area contributed by atoms with E-state index in [1.165, 1.54) is 7.11 Å². The quantitative estimate of drug-likeness (QED) is 0.332. The van der Waals surface area contributed by atoms with Gasteiger partial charge in [-0.15, -0.1) is 16.4 Å². The number of thiophene rings is 1. The number of methoxy groups -OCH3 is 1. The maximum Gasteiger partial charge on any atom is 0.341 e. The van der Waals surface area contributed by atoms with Gasteiger partial charge in [0, 0.05) is 18.1 Å². The van der Waals surface area contributed by atoms with Crippen LogP contribution in [0.1, 0.15) is 45.0 Å². The van der Waals surface area contributed by atoms with Crippen LogP contribution in [-0.4, -0.2) is 56.9 Å². The largest absolute Gasteiger partial charge is 0.465 e. The number of benzene rings is 1. The van der Waals surface area contributed by atoms with Crippen LogP contribution in [0.4, 0.5) is 10.9 Å². The highest BCUT2D eigenvalue weighted by Gasteiger charge is 2.27. The molecule has 3 rings (SSSR count). The molecule has 0 radical (unpaired) electrons. The highest BCUT2D eigenvalue weighted by atomic mass is 35.5. The van der Waals surface area contributed by atoms with E-state index >= 15 is 0 Å². The van der Waals surface area contributed by atoms with Crippen LogP contribution in [0.15, 0.2) is 30.6 Å². The smallest absolute Gasteiger partial charge is 0.341 e. The van der Waals surface area contributed by atoms with Crippen molar-refractivity contribution in [2.45, 2.75) is 27.3 Å². The SMILES string of the molecule is CCN(CC)C(=O)c1sc(NC(=S)Nc2ncn(Cc3ccccc3Cl)n2)c(C(=O)OC)c1C. The van der Waals surface area contributed by atoms with Crippen LogP contribution in [0.5, 0.6) is 0 Å². The normalized spacial score (nSPS) is 10.6. The minimum atomic E-state index is -0.556. The van der Waals surface area contributed by atoms with Gasteiger partial charge < -0.3 is 15.0 Å². The molecule has 180 valence electrons. The molecule has 3 aromatic rings. The van der Waals surface area contributed by atoms with E-state index in [-0.39, 0.29) is 22.5 Å². The third-order valence-corrected chi connectivity index (χ3v) is 6.83. The number of rotatable bonds is 8. The van der Waals surface area contributed by atoms with Crippen molar-refractivity contribution in [1.29, 1.82) is 0 Å². The molecule has 9 nitrogen and oxygen atoms in total. The number of amides is 1. The lowest BCUT2D eigenvalue weighted by Gasteiger charge is -2.17. The number of halogens is 1. The minimum absolute atomic E-state index is 0.149. The van der Waals surface area contributed by atoms with E-state index in [4.69, 9.17) is 28.6 Å². The Morgan fingerprint density at radius 2 is 1.94 bits per heavy atom. The highest BCUT2D eigenvalue weighted by Crippen LogP contribution is 2.34. The van der Waals surface area contributed by atoms with Gasteiger partial charge in [-0.25, -0.2) is 14.5 Å². The Bertz CT molecular complexity index is 1210. The number of carbonyl (C=O) groups is 2. The molecule has 0 saturated carbocycles. The van der Waals surface area contributed by atoms with Gasteiger partial charge in [0.2, 0.25) is 5.95 Å². The fourth-order valence-corrected chi connectivity index (χ4v) is 4.89. The number of hydrogen-bond acceptors (Lipinski definition) is 7. The van der Waals surface area contributed by atoms with Crippen LogP contribution >= 0.6 is 35.2 Å². The molecule has 2 aromatic heterocycles. The maximum atomic E-state index is 12.9. The number of esters is 1. The zero-order valence-corrected chi connectivity index (χ0v) is 21.6. The number of anilines is 2. The Balaban J connectivity index is 1.77. The summed E-state index contributed by atoms with van der Waals surface area (Å²) < 4.78 is 6.56. The summed E-state index contributed by atoms with van der Waals surface area (Å²) in [4.78, 5) is 31.8. The zero-order chi connectivity index (χ0) is 24.8. The number of aromatic nitrogens is 3. The van der Waals surface area contributed by atoms with E-state index in [1.807, 2.05) is 38.1 Å². The van der Waals surface area contributed by atoms with E-state index in [9.17, 15) is 9.59 Å². The van der Waals surface area contributed by atoms with E-state index in [0.717, 1.165) is 16.9 Å². The Labute approximate surface area is 212 Å². The van der Waals surface area contributed by atoms with Crippen LogP contribution in [0.2, 0.25) is 5.02 Å². The molecule has 0 unspecified atom stereocenters. The Morgan fingerprint density at radius 1 is 1.24 bits per heavy atom. The van der Waals surface area contributed by atoms with Crippen molar-refractivity contribution in [2.75, 3.05) is 30.8 Å². The summed E-state index contributed by atoms with van der Waals surface area (Å²) in [6.07, 6.45) is 1.56. The predicted molar refractivity (Wildman–Crippen MR) is 138 cm³/mol. The molecule has 2 N–H and O–H groups in total. The predicted octanol–water partition coefficient (Wildman–Crippen LogP) is 4.43. The van der Waals surface area contributed by atoms with Crippen LogP contribution in [0.3, 0.4) is 0 Å². The van der Waals surface area contributed by atoms with Gasteiger partial charge in [-0.1, -0.05) is 29.8 Å². The Kier molecular flexibility index (Phi) is 8.59. The Morgan fingerprint density at radius 3 is 2.59 bits per heavy atom. The fourth-order valence-electron chi connectivity index (χ4n) is 3.27. The van der Waals surface area contributed by atoms with Crippen LogP contribution in [0, 0.1) is 6.92 Å². The standard InChI is InChI=1S/C22H25ClN6O3S2/c1-5-28(6-2)19(30)17-13(3)16(20(31)32-4)18(34-17)25-22(33)26-21-24-12-29(27-21)11-14-9-7-8-10-15(14)23/h7-10,12H,5-6,11H2,1-4H3,(H2,25,26,27,33). The van der Waals surface area contributed by atoms with Gasteiger partial charge in [-0.05, 0) is 50.2 Å². The first-order valence-corrected chi connectivity index (χ1v) is 12.1. The molecule has 0 spiro atoms. The lowest BCUT2D eigenvalue weighted by molar-refractivity contribution is 0.0601. The molecule has 0 aliphatic rings. The number of hydrogen-bond donors (Lipinski definition) is 2. The summed E-state index contributed by atoms with van der Waals surface area (Å²) in [6, 6.07) is 7.48. The van der Waals surface area contributed by atoms with Crippen LogP contribution < -0.4 is 10.6 Å². The minimum Gasteiger partial charge on any atom is -0.465 e. The second-order valence-corrected chi connectivity index (χ2v) is 9.00. The fraction of sp³-hybridized carbons (Fsp3) is 0.318. The molecule has 0 fully saturated rings. The molecular formula is C22H25ClN6O3S2. The van der Waals surface area contributed by atoms with E-state index in [1.54, 1.807) is 22.8 Å². The average Bonchev–Trinajstić information content (AvgIpc) is 3.38. The number of nitrogens with zero attached hydrogens (tertiary/aromatic N) is 4. The van der Waals surface area contributed by atoms with Crippen molar-refractivity contribution in [3.8, 4) is 0 Å². The third-order valence-electron chi connectivity index (χ3n) is 5.06. The van der Waals surface area contributed by atoms with E-state index in [0.29, 0.717) is 40.1 Å². The molecular weight excluding hydrogens is 496 g/mol. The summed E-state index contributed by atoms with van der Waals surface area (Å²) in [6.45, 7) is 7.10. The maximum absolute atomic E-state index is 12.9. The summed E-state index contributed by atoms with van der Waals surface area (Å²) in [5.74, 6) is -0.429. The van der Waals surface area contributed by atoms with Crippen molar-refractivity contribution < 1.29 is 14.3 Å². The van der Waals surface area contributed by atoms with Gasteiger partial charge in [0.15, 0.2) is 5.11 Å². The third kappa shape index (κ3) is 5.72. The lowest BCUT2D eigenvalue weighted by Crippen LogP contribution is -2.30. The van der Waals surface area contributed by atoms with Gasteiger partial charge in [0.1, 0.15) is 11.3 Å². The number of carbonyl (C=O) groups excluding carboxylic acids is 2. The molecule has 12 heteroatoms. The van der Waals surface area contributed by atoms with Crippen molar-refractivity contribution in [3.05, 3.63) is 57.2 Å². The number of thiocarbonyl (C=S) groups is 1. The van der Waals surface area contributed by atoms with Crippen molar-refractivity contribution in [2.24, 2.45) is 0 Å². The molecule has 0 atom stereocenters. The number of ether oxygens (including phenoxy) is 1. The first-order chi connectivity index (χ1) is 16.3. The summed E-state index contributed by atoms with van der Waals surface area (Å²) in [5, 5.41) is 11.5. The lowest BCUT2D eigenvalue weighted by atomic mass is 10.1. The second-order valence-electron chi connectivity index (χ2n) is 7.17. The average molecular weight is 521 g/mol. The van der Waals surface area contributed by atoms with Gasteiger partial charge in [-0.3, -0.25) is 10.1 Å². The van der Waals surface area contributed by atoms with Crippen molar-refractivity contribution in [1.82, 2.24) is 19.7 Å². The van der Waals surface area contributed by atoms with E-state index in [2.05, 4.69) is 20.7 Å². The van der Waals surface area contributed by atoms with Gasteiger partial charge >= 0.3 is 5.97 Å². The summed E-state index contributed by atoms with van der Waals surface area (Å²) in [5.41, 5.74) is 1.72. The Hall–Kier alpha value is -3.02. The molecule has 2 heterocycles. The second kappa shape index (κ2) is 11.4. The molecule has 0 bridgehead atoms. The first-order valence-electron chi connectivity index (χ1n) is 10.5.